The van der Waals surface area contributed by atoms with E-state index in [1.807, 2.05) is 0 Å². The number of hydrogen-bond donors (Lipinski definition) is 0. The molecule has 72 valence electrons. The maximum atomic E-state index is 11.2. The Kier molecular flexibility index (Phi) is 4.46. The van der Waals surface area contributed by atoms with Crippen LogP contribution in [0.1, 0.15) is 26.7 Å². The zero-order valence-corrected chi connectivity index (χ0v) is 9.05. The van der Waals surface area contributed by atoms with Gasteiger partial charge in [0.2, 0.25) is 0 Å². The third kappa shape index (κ3) is 5.30. The summed E-state index contributed by atoms with van der Waals surface area (Å²) in [6, 6.07) is 0. The molecule has 0 aliphatic rings. The fraction of sp³-hybridized carbons (Fsp3) is 0.900. The van der Waals surface area contributed by atoms with E-state index in [1.165, 1.54) is 0 Å². The van der Waals surface area contributed by atoms with Crippen LogP contribution in [0.5, 0.6) is 0 Å². The normalized spacial score (nSPS) is 14.4. The molecule has 0 aromatic rings. The van der Waals surface area contributed by atoms with Crippen LogP contribution in [-0.2, 0) is 4.79 Å². The van der Waals surface area contributed by atoms with Gasteiger partial charge < -0.3 is 4.48 Å². The Morgan fingerprint density at radius 1 is 1.33 bits per heavy atom. The van der Waals surface area contributed by atoms with Crippen molar-refractivity contribution >= 4 is 5.78 Å². The molecule has 12 heavy (non-hydrogen) atoms. The maximum absolute atomic E-state index is 11.2. The summed E-state index contributed by atoms with van der Waals surface area (Å²) in [6.45, 7) is 4.80. The Bertz CT molecular complexity index is 146. The van der Waals surface area contributed by atoms with Gasteiger partial charge in [0.25, 0.3) is 0 Å². The molecule has 2 nitrogen and oxygen atoms in total. The predicted octanol–water partition coefficient (Wildman–Crippen LogP) is 1.70. The number of carbonyl (C=O) groups is 1. The standard InChI is InChI=1S/C10H22NO/c1-6-7-10(9(2)12)8-11(3,4)5/h10H,6-8H2,1-5H3/q+1. The lowest BCUT2D eigenvalue weighted by molar-refractivity contribution is -0.872. The molecule has 0 aliphatic heterocycles. The van der Waals surface area contributed by atoms with Crippen molar-refractivity contribution in [1.82, 2.24) is 0 Å². The topological polar surface area (TPSA) is 17.1 Å². The molecular weight excluding hydrogens is 150 g/mol. The summed E-state index contributed by atoms with van der Waals surface area (Å²) in [7, 11) is 6.39. The predicted molar refractivity (Wildman–Crippen MR) is 52.0 cm³/mol. The molecule has 0 heterocycles. The zero-order chi connectivity index (χ0) is 9.78. The first-order chi connectivity index (χ1) is 5.37. The van der Waals surface area contributed by atoms with Gasteiger partial charge in [-0.15, -0.1) is 0 Å². The molecule has 0 saturated carbocycles. The van der Waals surface area contributed by atoms with Gasteiger partial charge in [0.05, 0.1) is 33.6 Å². The summed E-state index contributed by atoms with van der Waals surface area (Å²) in [5.74, 6) is 0.597. The first kappa shape index (κ1) is 11.6. The van der Waals surface area contributed by atoms with Crippen LogP contribution in [0.3, 0.4) is 0 Å². The molecule has 0 radical (unpaired) electrons. The minimum absolute atomic E-state index is 0.259. The van der Waals surface area contributed by atoms with Gasteiger partial charge in [-0.1, -0.05) is 13.3 Å². The number of rotatable bonds is 5. The van der Waals surface area contributed by atoms with Crippen LogP contribution >= 0.6 is 0 Å². The largest absolute Gasteiger partial charge is 0.330 e. The molecule has 0 N–H and O–H groups in total. The molecule has 2 heteroatoms. The highest BCUT2D eigenvalue weighted by atomic mass is 16.1. The Hall–Kier alpha value is -0.370. The van der Waals surface area contributed by atoms with E-state index in [0.717, 1.165) is 23.9 Å². The Morgan fingerprint density at radius 3 is 2.08 bits per heavy atom. The van der Waals surface area contributed by atoms with E-state index in [-0.39, 0.29) is 5.92 Å². The van der Waals surface area contributed by atoms with Crippen molar-refractivity contribution in [2.45, 2.75) is 26.7 Å². The first-order valence-corrected chi connectivity index (χ1v) is 4.67. The minimum atomic E-state index is 0.259. The molecule has 0 amide bonds. The smallest absolute Gasteiger partial charge is 0.138 e. The fourth-order valence-electron chi connectivity index (χ4n) is 1.43. The highest BCUT2D eigenvalue weighted by Crippen LogP contribution is 2.11. The van der Waals surface area contributed by atoms with Gasteiger partial charge in [-0.3, -0.25) is 4.79 Å². The molecule has 0 aliphatic carbocycles. The lowest BCUT2D eigenvalue weighted by Gasteiger charge is -2.27. The molecule has 0 saturated heterocycles. The highest BCUT2D eigenvalue weighted by Gasteiger charge is 2.20. The summed E-state index contributed by atoms with van der Waals surface area (Å²) < 4.78 is 0.879. The van der Waals surface area contributed by atoms with Gasteiger partial charge in [0.15, 0.2) is 0 Å². The molecular formula is C10H22NO+. The van der Waals surface area contributed by atoms with Crippen molar-refractivity contribution in [1.29, 1.82) is 0 Å². The highest BCUT2D eigenvalue weighted by molar-refractivity contribution is 5.78. The molecule has 0 bridgehead atoms. The van der Waals surface area contributed by atoms with Crippen molar-refractivity contribution in [2.24, 2.45) is 5.92 Å². The van der Waals surface area contributed by atoms with Gasteiger partial charge in [-0.05, 0) is 13.3 Å². The molecule has 0 aromatic carbocycles. The van der Waals surface area contributed by atoms with Crippen molar-refractivity contribution in [3.63, 3.8) is 0 Å². The first-order valence-electron chi connectivity index (χ1n) is 4.67. The van der Waals surface area contributed by atoms with Crippen molar-refractivity contribution in [3.05, 3.63) is 0 Å². The molecule has 0 rings (SSSR count). The molecule has 0 aromatic heterocycles. The van der Waals surface area contributed by atoms with Crippen molar-refractivity contribution < 1.29 is 9.28 Å². The second kappa shape index (κ2) is 4.61. The van der Waals surface area contributed by atoms with E-state index in [2.05, 4.69) is 28.1 Å². The maximum Gasteiger partial charge on any atom is 0.138 e. The summed E-state index contributed by atoms with van der Waals surface area (Å²) in [5, 5.41) is 0. The molecule has 0 fully saturated rings. The molecule has 0 spiro atoms. The van der Waals surface area contributed by atoms with Crippen LogP contribution in [-0.4, -0.2) is 38.0 Å². The zero-order valence-electron chi connectivity index (χ0n) is 9.05. The Morgan fingerprint density at radius 2 is 1.83 bits per heavy atom. The molecule has 1 unspecified atom stereocenters. The van der Waals surface area contributed by atoms with Crippen LogP contribution in [0.4, 0.5) is 0 Å². The van der Waals surface area contributed by atoms with E-state index >= 15 is 0 Å². The minimum Gasteiger partial charge on any atom is -0.330 e. The SMILES string of the molecule is CCCC(C[N+](C)(C)C)C(C)=O. The van der Waals surface area contributed by atoms with E-state index in [0.29, 0.717) is 5.78 Å². The van der Waals surface area contributed by atoms with Crippen LogP contribution in [0.2, 0.25) is 0 Å². The van der Waals surface area contributed by atoms with Gasteiger partial charge >= 0.3 is 0 Å². The van der Waals surface area contributed by atoms with E-state index in [4.69, 9.17) is 0 Å². The van der Waals surface area contributed by atoms with Gasteiger partial charge in [0.1, 0.15) is 5.78 Å². The number of Topliss-reactive ketones (excluding diaryl/α,β-unsaturated/α-hetero) is 1. The quantitative estimate of drug-likeness (QED) is 0.577. The number of carbonyl (C=O) groups excluding carboxylic acids is 1. The van der Waals surface area contributed by atoms with Crippen molar-refractivity contribution in [3.8, 4) is 0 Å². The summed E-state index contributed by atoms with van der Waals surface area (Å²) in [4.78, 5) is 11.2. The van der Waals surface area contributed by atoms with Crippen LogP contribution in [0.25, 0.3) is 0 Å². The van der Waals surface area contributed by atoms with Crippen LogP contribution < -0.4 is 0 Å². The lowest BCUT2D eigenvalue weighted by atomic mass is 9.98. The van der Waals surface area contributed by atoms with Crippen molar-refractivity contribution in [2.75, 3.05) is 27.7 Å². The van der Waals surface area contributed by atoms with Gasteiger partial charge in [-0.25, -0.2) is 0 Å². The number of hydrogen-bond acceptors (Lipinski definition) is 1. The second-order valence-electron chi connectivity index (χ2n) is 4.57. The monoisotopic (exact) mass is 172 g/mol. The van der Waals surface area contributed by atoms with E-state index < -0.39 is 0 Å². The van der Waals surface area contributed by atoms with Gasteiger partial charge in [-0.2, -0.15) is 0 Å². The van der Waals surface area contributed by atoms with Crippen LogP contribution in [0, 0.1) is 5.92 Å². The lowest BCUT2D eigenvalue weighted by Crippen LogP contribution is -2.41. The number of nitrogens with zero attached hydrogens (tertiary/aromatic N) is 1. The van der Waals surface area contributed by atoms with E-state index in [9.17, 15) is 4.79 Å². The van der Waals surface area contributed by atoms with Crippen LogP contribution in [0.15, 0.2) is 0 Å². The summed E-state index contributed by atoms with van der Waals surface area (Å²) in [6.07, 6.45) is 2.13. The molecule has 1 atom stereocenters. The van der Waals surface area contributed by atoms with E-state index in [1.54, 1.807) is 6.92 Å². The summed E-state index contributed by atoms with van der Waals surface area (Å²) >= 11 is 0. The Labute approximate surface area is 76.2 Å². The number of ketones is 1. The Balaban J connectivity index is 4.05. The third-order valence-corrected chi connectivity index (χ3v) is 1.98. The average molecular weight is 172 g/mol. The summed E-state index contributed by atoms with van der Waals surface area (Å²) in [5.41, 5.74) is 0. The number of quaternary nitrogens is 1. The third-order valence-electron chi connectivity index (χ3n) is 1.98. The van der Waals surface area contributed by atoms with Gasteiger partial charge in [0, 0.05) is 0 Å². The average Bonchev–Trinajstić information content (AvgIpc) is 1.83. The second-order valence-corrected chi connectivity index (χ2v) is 4.57. The fourth-order valence-corrected chi connectivity index (χ4v) is 1.43.